The molecule has 1 aromatic heterocycles. The van der Waals surface area contributed by atoms with Gasteiger partial charge in [0.1, 0.15) is 5.82 Å². The molecular weight excluding hydrogens is 222 g/mol. The molecule has 3 unspecified atom stereocenters. The molecule has 1 heterocycles. The van der Waals surface area contributed by atoms with Gasteiger partial charge in [0.25, 0.3) is 0 Å². The summed E-state index contributed by atoms with van der Waals surface area (Å²) in [6.45, 7) is 4.42. The maximum Gasteiger partial charge on any atom is 0.107 e. The smallest absolute Gasteiger partial charge is 0.107 e. The number of benzene rings is 1. The van der Waals surface area contributed by atoms with E-state index in [0.29, 0.717) is 6.04 Å². The number of rotatable bonds is 1. The van der Waals surface area contributed by atoms with E-state index in [2.05, 4.69) is 41.6 Å². The second-order valence-electron chi connectivity index (χ2n) is 5.67. The van der Waals surface area contributed by atoms with E-state index in [1.807, 2.05) is 6.07 Å². The van der Waals surface area contributed by atoms with Crippen molar-refractivity contribution in [2.45, 2.75) is 45.2 Å². The zero-order valence-corrected chi connectivity index (χ0v) is 11.1. The summed E-state index contributed by atoms with van der Waals surface area (Å²) in [7, 11) is 0. The van der Waals surface area contributed by atoms with Gasteiger partial charge in [-0.1, -0.05) is 19.1 Å². The minimum Gasteiger partial charge on any atom is -0.326 e. The van der Waals surface area contributed by atoms with E-state index >= 15 is 0 Å². The zero-order valence-electron chi connectivity index (χ0n) is 11.1. The number of para-hydroxylation sites is 2. The van der Waals surface area contributed by atoms with Crippen LogP contribution in [-0.2, 0) is 0 Å². The lowest BCUT2D eigenvalue weighted by Crippen LogP contribution is -2.37. The highest BCUT2D eigenvalue weighted by Crippen LogP contribution is 2.34. The first kappa shape index (κ1) is 11.7. The van der Waals surface area contributed by atoms with Gasteiger partial charge in [0, 0.05) is 6.04 Å². The standard InChI is InChI=1S/C15H21N3/c1-10-7-8-12(16)15(9-10)18-11(2)17-13-5-3-4-6-14(13)18/h3-6,10,12,15H,7-9,16H2,1-2H3. The SMILES string of the molecule is Cc1nc2ccccc2n1C1CC(C)CCC1N. The van der Waals surface area contributed by atoms with Crippen molar-refractivity contribution in [2.75, 3.05) is 0 Å². The number of nitrogens with zero attached hydrogens (tertiary/aromatic N) is 2. The average Bonchev–Trinajstić information content (AvgIpc) is 2.68. The molecule has 3 nitrogen and oxygen atoms in total. The molecular formula is C15H21N3. The van der Waals surface area contributed by atoms with Gasteiger partial charge in [-0.25, -0.2) is 4.98 Å². The molecule has 0 spiro atoms. The van der Waals surface area contributed by atoms with E-state index in [-0.39, 0.29) is 6.04 Å². The van der Waals surface area contributed by atoms with E-state index in [1.54, 1.807) is 0 Å². The van der Waals surface area contributed by atoms with Crippen LogP contribution in [0.25, 0.3) is 11.0 Å². The van der Waals surface area contributed by atoms with Crippen molar-refractivity contribution in [3.8, 4) is 0 Å². The Balaban J connectivity index is 2.10. The molecule has 2 N–H and O–H groups in total. The fraction of sp³-hybridized carbons (Fsp3) is 0.533. The normalized spacial score (nSPS) is 28.7. The van der Waals surface area contributed by atoms with Crippen molar-refractivity contribution < 1.29 is 0 Å². The lowest BCUT2D eigenvalue weighted by Gasteiger charge is -2.34. The molecule has 1 fully saturated rings. The number of aromatic nitrogens is 2. The number of hydrogen-bond acceptors (Lipinski definition) is 2. The van der Waals surface area contributed by atoms with Gasteiger partial charge in [-0.05, 0) is 44.2 Å². The van der Waals surface area contributed by atoms with Gasteiger partial charge in [0.05, 0.1) is 17.1 Å². The van der Waals surface area contributed by atoms with Gasteiger partial charge in [0.2, 0.25) is 0 Å². The lowest BCUT2D eigenvalue weighted by atomic mass is 9.83. The number of hydrogen-bond donors (Lipinski definition) is 1. The molecule has 0 bridgehead atoms. The predicted octanol–water partition coefficient (Wildman–Crippen LogP) is 3.03. The first-order valence-corrected chi connectivity index (χ1v) is 6.86. The molecule has 96 valence electrons. The summed E-state index contributed by atoms with van der Waals surface area (Å²) in [6.07, 6.45) is 3.55. The van der Waals surface area contributed by atoms with E-state index < -0.39 is 0 Å². The Labute approximate surface area is 108 Å². The first-order chi connectivity index (χ1) is 8.66. The van der Waals surface area contributed by atoms with Gasteiger partial charge in [0.15, 0.2) is 0 Å². The number of fused-ring (bicyclic) bond motifs is 1. The van der Waals surface area contributed by atoms with Crippen molar-refractivity contribution in [3.05, 3.63) is 30.1 Å². The Morgan fingerprint density at radius 3 is 2.89 bits per heavy atom. The number of nitrogens with two attached hydrogens (primary N) is 1. The largest absolute Gasteiger partial charge is 0.326 e. The van der Waals surface area contributed by atoms with Gasteiger partial charge >= 0.3 is 0 Å². The van der Waals surface area contributed by atoms with Gasteiger partial charge in [-0.3, -0.25) is 0 Å². The Morgan fingerprint density at radius 2 is 2.06 bits per heavy atom. The molecule has 1 aliphatic carbocycles. The molecule has 18 heavy (non-hydrogen) atoms. The number of aryl methyl sites for hydroxylation is 1. The average molecular weight is 243 g/mol. The molecule has 3 atom stereocenters. The van der Waals surface area contributed by atoms with Crippen LogP contribution in [0.3, 0.4) is 0 Å². The Bertz CT molecular complexity index is 558. The van der Waals surface area contributed by atoms with Crippen LogP contribution in [0.15, 0.2) is 24.3 Å². The summed E-state index contributed by atoms with van der Waals surface area (Å²) in [5, 5.41) is 0. The predicted molar refractivity (Wildman–Crippen MR) is 74.5 cm³/mol. The van der Waals surface area contributed by atoms with Crippen LogP contribution in [0.4, 0.5) is 0 Å². The third-order valence-electron chi connectivity index (χ3n) is 4.23. The van der Waals surface area contributed by atoms with Crippen LogP contribution in [-0.4, -0.2) is 15.6 Å². The molecule has 3 heteroatoms. The molecule has 3 rings (SSSR count). The molecule has 0 amide bonds. The fourth-order valence-corrected chi connectivity index (χ4v) is 3.25. The van der Waals surface area contributed by atoms with E-state index in [9.17, 15) is 0 Å². The van der Waals surface area contributed by atoms with Crippen molar-refractivity contribution in [1.29, 1.82) is 0 Å². The minimum atomic E-state index is 0.262. The third-order valence-corrected chi connectivity index (χ3v) is 4.23. The molecule has 1 saturated carbocycles. The minimum absolute atomic E-state index is 0.262. The van der Waals surface area contributed by atoms with Crippen molar-refractivity contribution in [2.24, 2.45) is 11.7 Å². The first-order valence-electron chi connectivity index (χ1n) is 6.86. The monoisotopic (exact) mass is 243 g/mol. The molecule has 1 aromatic carbocycles. The summed E-state index contributed by atoms with van der Waals surface area (Å²) in [5.74, 6) is 1.85. The zero-order chi connectivity index (χ0) is 12.7. The maximum atomic E-state index is 6.34. The highest BCUT2D eigenvalue weighted by molar-refractivity contribution is 5.76. The maximum absolute atomic E-state index is 6.34. The van der Waals surface area contributed by atoms with E-state index in [0.717, 1.165) is 23.7 Å². The molecule has 2 aromatic rings. The second-order valence-corrected chi connectivity index (χ2v) is 5.67. The molecule has 0 aliphatic heterocycles. The van der Waals surface area contributed by atoms with Crippen LogP contribution >= 0.6 is 0 Å². The van der Waals surface area contributed by atoms with Crippen LogP contribution < -0.4 is 5.73 Å². The van der Waals surface area contributed by atoms with Gasteiger partial charge in [-0.15, -0.1) is 0 Å². The van der Waals surface area contributed by atoms with Crippen LogP contribution in [0.5, 0.6) is 0 Å². The van der Waals surface area contributed by atoms with Crippen LogP contribution in [0.1, 0.15) is 38.1 Å². The van der Waals surface area contributed by atoms with Crippen molar-refractivity contribution in [3.63, 3.8) is 0 Å². The van der Waals surface area contributed by atoms with Crippen molar-refractivity contribution >= 4 is 11.0 Å². The summed E-state index contributed by atoms with van der Waals surface area (Å²) in [4.78, 5) is 4.66. The van der Waals surface area contributed by atoms with Gasteiger partial charge in [-0.2, -0.15) is 0 Å². The van der Waals surface area contributed by atoms with Crippen molar-refractivity contribution in [1.82, 2.24) is 9.55 Å². The summed E-state index contributed by atoms with van der Waals surface area (Å²) in [6, 6.07) is 9.02. The van der Waals surface area contributed by atoms with Gasteiger partial charge < -0.3 is 10.3 Å². The molecule has 1 aliphatic rings. The topological polar surface area (TPSA) is 43.8 Å². The quantitative estimate of drug-likeness (QED) is 0.836. The number of imidazole rings is 1. The molecule has 0 radical (unpaired) electrons. The Hall–Kier alpha value is -1.35. The van der Waals surface area contributed by atoms with Crippen LogP contribution in [0.2, 0.25) is 0 Å². The summed E-state index contributed by atoms with van der Waals surface area (Å²) >= 11 is 0. The highest BCUT2D eigenvalue weighted by Gasteiger charge is 2.29. The molecule has 0 saturated heterocycles. The third kappa shape index (κ3) is 1.83. The van der Waals surface area contributed by atoms with Crippen LogP contribution in [0, 0.1) is 12.8 Å². The lowest BCUT2D eigenvalue weighted by molar-refractivity contribution is 0.248. The van der Waals surface area contributed by atoms with E-state index in [1.165, 1.54) is 18.4 Å². The Kier molecular flexibility index (Phi) is 2.86. The second kappa shape index (κ2) is 4.39. The Morgan fingerprint density at radius 1 is 1.28 bits per heavy atom. The van der Waals surface area contributed by atoms with E-state index in [4.69, 9.17) is 5.73 Å². The summed E-state index contributed by atoms with van der Waals surface area (Å²) < 4.78 is 2.36. The highest BCUT2D eigenvalue weighted by atomic mass is 15.1. The fourth-order valence-electron chi connectivity index (χ4n) is 3.25. The summed E-state index contributed by atoms with van der Waals surface area (Å²) in [5.41, 5.74) is 8.65.